The summed E-state index contributed by atoms with van der Waals surface area (Å²) in [5.41, 5.74) is 5.00. The molecule has 0 unspecified atom stereocenters. The number of alkyl halides is 3. The Morgan fingerprint density at radius 3 is 2.32 bits per heavy atom. The lowest BCUT2D eigenvalue weighted by Crippen LogP contribution is -2.47. The van der Waals surface area contributed by atoms with Gasteiger partial charge in [-0.3, -0.25) is 4.79 Å². The molecule has 15 heteroatoms. The van der Waals surface area contributed by atoms with Crippen LogP contribution >= 0.6 is 0 Å². The molecule has 5 rings (SSSR count). The molecule has 214 valence electrons. The molecule has 1 saturated heterocycles. The number of hydrogen-bond acceptors (Lipinski definition) is 6. The van der Waals surface area contributed by atoms with Gasteiger partial charge in [0.1, 0.15) is 29.2 Å². The second-order valence-corrected chi connectivity index (χ2v) is 9.41. The number of anilines is 3. The molecule has 41 heavy (non-hydrogen) atoms. The molecule has 0 atom stereocenters. The first-order valence-corrected chi connectivity index (χ1v) is 12.3. The molecule has 0 bridgehead atoms. The zero-order valence-electron chi connectivity index (χ0n) is 21.5. The fourth-order valence-corrected chi connectivity index (χ4v) is 4.47. The summed E-state index contributed by atoms with van der Waals surface area (Å²) in [4.78, 5) is 33.5. The number of nitrogen functional groups attached to an aromatic ring is 1. The summed E-state index contributed by atoms with van der Waals surface area (Å²) >= 11 is 0. The van der Waals surface area contributed by atoms with E-state index in [4.69, 9.17) is 5.73 Å². The van der Waals surface area contributed by atoms with E-state index >= 15 is 4.39 Å². The molecule has 3 amide bonds. The molecule has 0 saturated carbocycles. The van der Waals surface area contributed by atoms with Gasteiger partial charge in [-0.15, -0.1) is 0 Å². The van der Waals surface area contributed by atoms with Crippen molar-refractivity contribution in [3.63, 3.8) is 0 Å². The lowest BCUT2D eigenvalue weighted by atomic mass is 10.1. The Bertz CT molecular complexity index is 1650. The molecule has 2 aromatic heterocycles. The highest BCUT2D eigenvalue weighted by atomic mass is 19.4. The number of hydrogen-bond donors (Lipinski definition) is 3. The van der Waals surface area contributed by atoms with Crippen LogP contribution in [-0.2, 0) is 6.18 Å². The minimum atomic E-state index is -4.75. The van der Waals surface area contributed by atoms with Crippen LogP contribution in [0.2, 0.25) is 0 Å². The SMILES string of the molecule is CN1CCN(C(=O)c2cc(-c3ccc(NC(=O)Nc4cc(C(F)(F)F)ccc4F)c(F)c3)c3c(N)ncnn23)CC1. The first kappa shape index (κ1) is 27.8. The number of aromatic nitrogens is 3. The van der Waals surface area contributed by atoms with E-state index in [-0.39, 0.29) is 34.2 Å². The average molecular weight is 575 g/mol. The fraction of sp³-hybridized carbons (Fsp3) is 0.231. The first-order valence-electron chi connectivity index (χ1n) is 12.3. The van der Waals surface area contributed by atoms with Gasteiger partial charge in [0, 0.05) is 31.7 Å². The van der Waals surface area contributed by atoms with Crippen molar-refractivity contribution in [2.45, 2.75) is 6.18 Å². The number of carbonyl (C=O) groups is 2. The number of fused-ring (bicyclic) bond motifs is 1. The quantitative estimate of drug-likeness (QED) is 0.313. The van der Waals surface area contributed by atoms with Crippen molar-refractivity contribution in [3.05, 3.63) is 71.7 Å². The Labute approximate surface area is 229 Å². The highest BCUT2D eigenvalue weighted by Crippen LogP contribution is 2.34. The van der Waals surface area contributed by atoms with E-state index in [9.17, 15) is 27.2 Å². The van der Waals surface area contributed by atoms with Gasteiger partial charge < -0.3 is 26.2 Å². The molecular weight excluding hydrogens is 551 g/mol. The van der Waals surface area contributed by atoms with Crippen LogP contribution in [-0.4, -0.2) is 69.6 Å². The number of amides is 3. The van der Waals surface area contributed by atoms with Crippen LogP contribution in [0.3, 0.4) is 0 Å². The van der Waals surface area contributed by atoms with Crippen molar-refractivity contribution in [2.24, 2.45) is 0 Å². The van der Waals surface area contributed by atoms with Crippen LogP contribution in [0.1, 0.15) is 16.1 Å². The second-order valence-electron chi connectivity index (χ2n) is 9.41. The number of rotatable bonds is 4. The van der Waals surface area contributed by atoms with Crippen molar-refractivity contribution in [2.75, 3.05) is 49.6 Å². The molecule has 1 aliphatic heterocycles. The van der Waals surface area contributed by atoms with Crippen molar-refractivity contribution < 1.29 is 31.5 Å². The normalized spacial score (nSPS) is 14.3. The van der Waals surface area contributed by atoms with Crippen molar-refractivity contribution in [3.8, 4) is 11.1 Å². The summed E-state index contributed by atoms with van der Waals surface area (Å²) in [6.07, 6.45) is -3.55. The molecule has 2 aromatic carbocycles. The highest BCUT2D eigenvalue weighted by molar-refractivity contribution is 6.01. The van der Waals surface area contributed by atoms with Crippen LogP contribution in [0.25, 0.3) is 16.6 Å². The number of piperazine rings is 1. The molecule has 10 nitrogen and oxygen atoms in total. The minimum Gasteiger partial charge on any atom is -0.382 e. The van der Waals surface area contributed by atoms with E-state index in [2.05, 4.69) is 20.3 Å². The first-order chi connectivity index (χ1) is 19.4. The van der Waals surface area contributed by atoms with Gasteiger partial charge in [-0.05, 0) is 49.0 Å². The second kappa shape index (κ2) is 10.6. The maximum atomic E-state index is 15.1. The number of nitrogens with one attached hydrogen (secondary N) is 2. The van der Waals surface area contributed by atoms with E-state index in [1.807, 2.05) is 12.4 Å². The smallest absolute Gasteiger partial charge is 0.382 e. The Morgan fingerprint density at radius 1 is 0.927 bits per heavy atom. The standard InChI is InChI=1S/C26H23F5N8O2/c1-37-6-8-38(9-7-37)24(40)21-12-16(22-23(32)33-13-34-39(21)22)14-2-5-19(18(28)10-14)35-25(41)36-20-11-15(26(29,30)31)3-4-17(20)27/h2-5,10-13H,6-9H2,1H3,(H2,32,33,34)(H2,35,36,41). The molecule has 3 heterocycles. The van der Waals surface area contributed by atoms with E-state index in [0.717, 1.165) is 6.07 Å². The van der Waals surface area contributed by atoms with Gasteiger partial charge >= 0.3 is 12.2 Å². The van der Waals surface area contributed by atoms with Crippen LogP contribution in [0, 0.1) is 11.6 Å². The topological polar surface area (TPSA) is 121 Å². The zero-order chi connectivity index (χ0) is 29.5. The highest BCUT2D eigenvalue weighted by Gasteiger charge is 2.31. The van der Waals surface area contributed by atoms with Gasteiger partial charge in [-0.1, -0.05) is 6.07 Å². The van der Waals surface area contributed by atoms with Crippen molar-refractivity contribution in [1.29, 1.82) is 0 Å². The van der Waals surface area contributed by atoms with Gasteiger partial charge in [-0.2, -0.15) is 18.3 Å². The largest absolute Gasteiger partial charge is 0.416 e. The van der Waals surface area contributed by atoms with Gasteiger partial charge in [0.25, 0.3) is 5.91 Å². The maximum Gasteiger partial charge on any atom is 0.416 e. The molecule has 1 aliphatic rings. The number of halogens is 5. The Hall–Kier alpha value is -4.79. The molecule has 4 aromatic rings. The zero-order valence-corrected chi connectivity index (χ0v) is 21.5. The monoisotopic (exact) mass is 574 g/mol. The summed E-state index contributed by atoms with van der Waals surface area (Å²) in [6, 6.07) is 5.62. The van der Waals surface area contributed by atoms with Gasteiger partial charge in [0.15, 0.2) is 5.82 Å². The summed E-state index contributed by atoms with van der Waals surface area (Å²) in [5.74, 6) is -2.25. The van der Waals surface area contributed by atoms with E-state index < -0.39 is 35.1 Å². The van der Waals surface area contributed by atoms with E-state index in [0.29, 0.717) is 49.9 Å². The van der Waals surface area contributed by atoms with Crippen molar-refractivity contribution in [1.82, 2.24) is 24.4 Å². The van der Waals surface area contributed by atoms with Crippen LogP contribution in [0.4, 0.5) is 43.9 Å². The third-order valence-electron chi connectivity index (χ3n) is 6.66. The maximum absolute atomic E-state index is 15.1. The van der Waals surface area contributed by atoms with Crippen LogP contribution < -0.4 is 16.4 Å². The van der Waals surface area contributed by atoms with E-state index in [1.165, 1.54) is 29.0 Å². The minimum absolute atomic E-state index is 0.0533. The molecular formula is C26H23F5N8O2. The average Bonchev–Trinajstić information content (AvgIpc) is 3.31. The lowest BCUT2D eigenvalue weighted by molar-refractivity contribution is -0.137. The summed E-state index contributed by atoms with van der Waals surface area (Å²) in [7, 11) is 1.96. The Balaban J connectivity index is 1.41. The van der Waals surface area contributed by atoms with Gasteiger partial charge in [0.2, 0.25) is 0 Å². The van der Waals surface area contributed by atoms with Gasteiger partial charge in [0.05, 0.1) is 16.9 Å². The Morgan fingerprint density at radius 2 is 1.63 bits per heavy atom. The third-order valence-corrected chi connectivity index (χ3v) is 6.66. The molecule has 0 radical (unpaired) electrons. The fourth-order valence-electron chi connectivity index (χ4n) is 4.47. The number of urea groups is 1. The molecule has 4 N–H and O–H groups in total. The predicted octanol–water partition coefficient (Wildman–Crippen LogP) is 4.31. The lowest BCUT2D eigenvalue weighted by Gasteiger charge is -2.32. The third kappa shape index (κ3) is 5.61. The van der Waals surface area contributed by atoms with Gasteiger partial charge in [-0.25, -0.2) is 23.1 Å². The van der Waals surface area contributed by atoms with E-state index in [1.54, 1.807) is 4.90 Å². The number of nitrogens with two attached hydrogens (primary N) is 1. The molecule has 0 spiro atoms. The number of benzene rings is 2. The predicted molar refractivity (Wildman–Crippen MR) is 140 cm³/mol. The number of likely N-dealkylation sites (N-methyl/N-ethyl adjacent to an activating group) is 1. The summed E-state index contributed by atoms with van der Waals surface area (Å²) in [5, 5.41) is 8.28. The Kier molecular flexibility index (Phi) is 7.21. The van der Waals surface area contributed by atoms with Crippen LogP contribution in [0.15, 0.2) is 48.8 Å². The summed E-state index contributed by atoms with van der Waals surface area (Å²) < 4.78 is 69.3. The van der Waals surface area contributed by atoms with Crippen molar-refractivity contribution >= 4 is 34.6 Å². The summed E-state index contributed by atoms with van der Waals surface area (Å²) in [6.45, 7) is 2.43. The molecule has 0 aliphatic carbocycles. The number of nitrogens with zero attached hydrogens (tertiary/aromatic N) is 5. The number of carbonyl (C=O) groups excluding carboxylic acids is 2. The van der Waals surface area contributed by atoms with Crippen LogP contribution in [0.5, 0.6) is 0 Å². The molecule has 1 fully saturated rings.